The molecule has 0 unspecified atom stereocenters. The van der Waals surface area contributed by atoms with Crippen LogP contribution in [0.4, 0.5) is 10.1 Å². The van der Waals surface area contributed by atoms with Gasteiger partial charge in [-0.15, -0.1) is 0 Å². The van der Waals surface area contributed by atoms with Crippen molar-refractivity contribution in [3.63, 3.8) is 0 Å². The fourth-order valence-electron chi connectivity index (χ4n) is 3.49. The molecule has 0 atom stereocenters. The molecule has 0 aliphatic carbocycles. The minimum atomic E-state index is -3.77. The van der Waals surface area contributed by atoms with Gasteiger partial charge in [-0.05, 0) is 61.0 Å². The summed E-state index contributed by atoms with van der Waals surface area (Å²) >= 11 is 0. The highest BCUT2D eigenvalue weighted by molar-refractivity contribution is 7.92. The van der Waals surface area contributed by atoms with Gasteiger partial charge < -0.3 is 9.88 Å². The van der Waals surface area contributed by atoms with Gasteiger partial charge in [0.05, 0.1) is 16.3 Å². The van der Waals surface area contributed by atoms with Crippen molar-refractivity contribution in [2.24, 2.45) is 0 Å². The molecule has 1 amide bonds. The topological polar surface area (TPSA) is 84.3 Å². The van der Waals surface area contributed by atoms with Crippen LogP contribution in [0.5, 0.6) is 0 Å². The maximum absolute atomic E-state index is 14.6. The molecule has 1 heterocycles. The van der Waals surface area contributed by atoms with E-state index in [9.17, 15) is 17.6 Å². The summed E-state index contributed by atoms with van der Waals surface area (Å²) in [4.78, 5) is 16.7. The molecule has 9 heteroatoms. The Balaban J connectivity index is 1.42. The number of nitrogens with one attached hydrogen (secondary N) is 1. The maximum Gasteiger partial charge on any atom is 0.264 e. The molecule has 0 spiro atoms. The normalized spacial score (nSPS) is 11.3. The predicted molar refractivity (Wildman–Crippen MR) is 128 cm³/mol. The van der Waals surface area contributed by atoms with Crippen molar-refractivity contribution in [3.8, 4) is 5.69 Å². The zero-order chi connectivity index (χ0) is 24.3. The van der Waals surface area contributed by atoms with Crippen LogP contribution < -0.4 is 9.62 Å². The summed E-state index contributed by atoms with van der Waals surface area (Å²) in [6.45, 7) is 1.90. The van der Waals surface area contributed by atoms with Gasteiger partial charge in [-0.2, -0.15) is 0 Å². The minimum Gasteiger partial charge on any atom is -0.348 e. The highest BCUT2D eigenvalue weighted by Gasteiger charge is 2.21. The lowest BCUT2D eigenvalue weighted by Crippen LogP contribution is -2.27. The Morgan fingerprint density at radius 1 is 1.06 bits per heavy atom. The van der Waals surface area contributed by atoms with Crippen molar-refractivity contribution in [2.45, 2.75) is 18.4 Å². The molecule has 7 nitrogen and oxygen atoms in total. The second-order valence-electron chi connectivity index (χ2n) is 7.65. The molecule has 4 aromatic rings. The molecule has 0 saturated heterocycles. The molecule has 4 rings (SSSR count). The monoisotopic (exact) mass is 478 g/mol. The van der Waals surface area contributed by atoms with Crippen molar-refractivity contribution in [3.05, 3.63) is 108 Å². The number of aryl methyl sites for hydroxylation is 1. The molecular formula is C25H23FN4O3S. The van der Waals surface area contributed by atoms with Gasteiger partial charge in [0.15, 0.2) is 0 Å². The number of para-hydroxylation sites is 1. The zero-order valence-electron chi connectivity index (χ0n) is 18.6. The van der Waals surface area contributed by atoms with Gasteiger partial charge >= 0.3 is 0 Å². The average Bonchev–Trinajstić information content (AvgIpc) is 3.28. The van der Waals surface area contributed by atoms with E-state index in [0.29, 0.717) is 28.3 Å². The Bertz CT molecular complexity index is 1420. The number of nitrogens with zero attached hydrogens (tertiary/aromatic N) is 3. The summed E-state index contributed by atoms with van der Waals surface area (Å²) in [5.41, 5.74) is 1.80. The highest BCUT2D eigenvalue weighted by atomic mass is 32.2. The third kappa shape index (κ3) is 4.69. The molecule has 1 aromatic heterocycles. The van der Waals surface area contributed by atoms with Crippen LogP contribution in [0.15, 0.2) is 90.1 Å². The van der Waals surface area contributed by atoms with Gasteiger partial charge in [-0.1, -0.05) is 24.3 Å². The van der Waals surface area contributed by atoms with Crippen molar-refractivity contribution in [2.75, 3.05) is 11.4 Å². The Kier molecular flexibility index (Phi) is 6.47. The number of benzene rings is 3. The van der Waals surface area contributed by atoms with Crippen LogP contribution in [0.2, 0.25) is 0 Å². The smallest absolute Gasteiger partial charge is 0.264 e. The lowest BCUT2D eigenvalue weighted by Gasteiger charge is -2.19. The van der Waals surface area contributed by atoms with E-state index in [-0.39, 0.29) is 11.4 Å². The number of imidazole rings is 1. The van der Waals surface area contributed by atoms with Gasteiger partial charge in [0, 0.05) is 31.5 Å². The van der Waals surface area contributed by atoms with E-state index < -0.39 is 21.7 Å². The van der Waals surface area contributed by atoms with Gasteiger partial charge in [0.25, 0.3) is 15.9 Å². The van der Waals surface area contributed by atoms with Crippen molar-refractivity contribution in [1.82, 2.24) is 14.9 Å². The molecule has 0 fully saturated rings. The first-order valence-corrected chi connectivity index (χ1v) is 11.9. The van der Waals surface area contributed by atoms with Crippen LogP contribution in [0.25, 0.3) is 5.69 Å². The first kappa shape index (κ1) is 23.2. The lowest BCUT2D eigenvalue weighted by atomic mass is 10.1. The number of hydrogen-bond acceptors (Lipinski definition) is 4. The lowest BCUT2D eigenvalue weighted by molar-refractivity contribution is 0.0950. The van der Waals surface area contributed by atoms with Gasteiger partial charge in [-0.25, -0.2) is 17.8 Å². The van der Waals surface area contributed by atoms with Crippen molar-refractivity contribution < 1.29 is 17.6 Å². The first-order valence-electron chi connectivity index (χ1n) is 10.5. The summed E-state index contributed by atoms with van der Waals surface area (Å²) in [7, 11) is -2.29. The number of sulfonamides is 1. The summed E-state index contributed by atoms with van der Waals surface area (Å²) < 4.78 is 43.1. The molecular weight excluding hydrogens is 455 g/mol. The molecule has 0 saturated carbocycles. The second kappa shape index (κ2) is 9.48. The van der Waals surface area contributed by atoms with Crippen LogP contribution in [0.3, 0.4) is 0 Å². The van der Waals surface area contributed by atoms with E-state index in [1.807, 2.05) is 0 Å². The summed E-state index contributed by atoms with van der Waals surface area (Å²) in [5, 5.41) is 2.73. The molecule has 3 aromatic carbocycles. The highest BCUT2D eigenvalue weighted by Crippen LogP contribution is 2.22. The van der Waals surface area contributed by atoms with E-state index in [1.54, 1.807) is 66.3 Å². The van der Waals surface area contributed by atoms with Crippen molar-refractivity contribution in [1.29, 1.82) is 0 Å². The second-order valence-corrected chi connectivity index (χ2v) is 9.61. The predicted octanol–water partition coefficient (Wildman–Crippen LogP) is 4.07. The number of carbonyl (C=O) groups is 1. The number of amides is 1. The SMILES string of the molecule is Cc1nccn1-c1ccc(CNC(=O)c2ccc(S(=O)(=O)N(C)c3ccccc3)cc2)cc1F. The number of hydrogen-bond donors (Lipinski definition) is 1. The molecule has 0 radical (unpaired) electrons. The summed E-state index contributed by atoms with van der Waals surface area (Å²) in [6.07, 6.45) is 3.27. The number of carbonyl (C=O) groups excluding carboxylic acids is 1. The van der Waals surface area contributed by atoms with Crippen LogP contribution in [-0.4, -0.2) is 30.9 Å². The Labute approximate surface area is 197 Å². The Morgan fingerprint density at radius 3 is 2.38 bits per heavy atom. The van der Waals surface area contributed by atoms with Gasteiger partial charge in [-0.3, -0.25) is 9.10 Å². The molecule has 174 valence electrons. The first-order chi connectivity index (χ1) is 16.3. The quantitative estimate of drug-likeness (QED) is 0.434. The van der Waals surface area contributed by atoms with Crippen LogP contribution in [0, 0.1) is 12.7 Å². The summed E-state index contributed by atoms with van der Waals surface area (Å²) in [5.74, 6) is -0.152. The number of halogens is 1. The number of aromatic nitrogens is 2. The number of anilines is 1. The molecule has 0 aliphatic rings. The number of rotatable bonds is 7. The van der Waals surface area contributed by atoms with E-state index in [1.165, 1.54) is 41.7 Å². The van der Waals surface area contributed by atoms with E-state index in [0.717, 1.165) is 0 Å². The Hall–Kier alpha value is -3.98. The third-order valence-electron chi connectivity index (χ3n) is 5.45. The van der Waals surface area contributed by atoms with Crippen molar-refractivity contribution >= 4 is 21.6 Å². The van der Waals surface area contributed by atoms with E-state index >= 15 is 0 Å². The molecule has 1 N–H and O–H groups in total. The van der Waals surface area contributed by atoms with E-state index in [2.05, 4.69) is 10.3 Å². The summed E-state index contributed by atoms with van der Waals surface area (Å²) in [6, 6.07) is 19.1. The van der Waals surface area contributed by atoms with Gasteiger partial charge in [0.2, 0.25) is 0 Å². The van der Waals surface area contributed by atoms with Crippen LogP contribution >= 0.6 is 0 Å². The van der Waals surface area contributed by atoms with Crippen LogP contribution in [-0.2, 0) is 16.6 Å². The average molecular weight is 479 g/mol. The molecule has 0 bridgehead atoms. The minimum absolute atomic E-state index is 0.0721. The van der Waals surface area contributed by atoms with Gasteiger partial charge in [0.1, 0.15) is 11.6 Å². The third-order valence-corrected chi connectivity index (χ3v) is 7.24. The molecule has 0 aliphatic heterocycles. The standard InChI is InChI=1S/C25H23FN4O3S/c1-18-27-14-15-30(18)24-13-8-19(16-23(24)26)17-28-25(31)20-9-11-22(12-10-20)34(32,33)29(2)21-6-4-3-5-7-21/h3-16H,17H2,1-2H3,(H,28,31). The largest absolute Gasteiger partial charge is 0.348 e. The van der Waals surface area contributed by atoms with E-state index in [4.69, 9.17) is 0 Å². The fraction of sp³-hybridized carbons (Fsp3) is 0.120. The Morgan fingerprint density at radius 2 is 1.76 bits per heavy atom. The molecule has 34 heavy (non-hydrogen) atoms. The van der Waals surface area contributed by atoms with Crippen LogP contribution in [0.1, 0.15) is 21.7 Å². The zero-order valence-corrected chi connectivity index (χ0v) is 19.5. The maximum atomic E-state index is 14.6. The fourth-order valence-corrected chi connectivity index (χ4v) is 4.68.